The van der Waals surface area contributed by atoms with Gasteiger partial charge >= 0.3 is 17.9 Å². The van der Waals surface area contributed by atoms with Crippen LogP contribution in [0.25, 0.3) is 0 Å². The van der Waals surface area contributed by atoms with Gasteiger partial charge in [0.2, 0.25) is 0 Å². The Hall–Kier alpha value is -2.37. The zero-order chi connectivity index (χ0) is 46.5. The molecule has 0 aliphatic carbocycles. The fraction of sp³-hybridized carbons (Fsp3) is 0.845. The van der Waals surface area contributed by atoms with Crippen molar-refractivity contribution in [3.8, 4) is 0 Å². The lowest BCUT2D eigenvalue weighted by Crippen LogP contribution is -2.30. The van der Waals surface area contributed by atoms with Gasteiger partial charge in [-0.1, -0.05) is 237 Å². The van der Waals surface area contributed by atoms with E-state index >= 15 is 0 Å². The highest BCUT2D eigenvalue weighted by Crippen LogP contribution is 2.15. The van der Waals surface area contributed by atoms with Crippen LogP contribution in [0.1, 0.15) is 297 Å². The van der Waals surface area contributed by atoms with E-state index in [9.17, 15) is 14.4 Å². The largest absolute Gasteiger partial charge is 0.462 e. The van der Waals surface area contributed by atoms with E-state index in [1.807, 2.05) is 0 Å². The van der Waals surface area contributed by atoms with E-state index in [1.165, 1.54) is 186 Å². The highest BCUT2D eigenvalue weighted by molar-refractivity contribution is 5.71. The van der Waals surface area contributed by atoms with E-state index in [0.717, 1.165) is 70.6 Å². The maximum absolute atomic E-state index is 12.8. The first-order chi connectivity index (χ1) is 31.5. The molecule has 0 spiro atoms. The van der Waals surface area contributed by atoms with Crippen molar-refractivity contribution in [2.45, 2.75) is 303 Å². The molecule has 0 aromatic heterocycles. The van der Waals surface area contributed by atoms with Gasteiger partial charge < -0.3 is 14.2 Å². The van der Waals surface area contributed by atoms with Gasteiger partial charge in [0.1, 0.15) is 13.2 Å². The average molecular weight is 899 g/mol. The van der Waals surface area contributed by atoms with Crippen molar-refractivity contribution in [1.82, 2.24) is 0 Å². The number of hydrogen-bond acceptors (Lipinski definition) is 6. The first-order valence-corrected chi connectivity index (χ1v) is 28.0. The van der Waals surface area contributed by atoms with Gasteiger partial charge in [0.05, 0.1) is 0 Å². The monoisotopic (exact) mass is 899 g/mol. The van der Waals surface area contributed by atoms with Crippen LogP contribution in [0.5, 0.6) is 0 Å². The summed E-state index contributed by atoms with van der Waals surface area (Å²) in [5, 5.41) is 0. The number of rotatable bonds is 51. The molecule has 0 saturated carbocycles. The Morgan fingerprint density at radius 3 is 0.875 bits per heavy atom. The maximum atomic E-state index is 12.8. The number of carbonyl (C=O) groups excluding carboxylic acids is 3. The molecule has 64 heavy (non-hydrogen) atoms. The van der Waals surface area contributed by atoms with Gasteiger partial charge in [0.25, 0.3) is 0 Å². The SMILES string of the molecule is CCCCCCC/C=C\C/C=C\CCCCCCCCCCCC(=O)OCC(COC(=O)CCCCCCCCCCCC)OC(=O)CCCCCCC/C=C\CCCCCCCC. The molecule has 374 valence electrons. The number of ether oxygens (including phenoxy) is 3. The Kier molecular flexibility index (Phi) is 51.3. The third-order valence-corrected chi connectivity index (χ3v) is 12.4. The molecule has 1 atom stereocenters. The van der Waals surface area contributed by atoms with Crippen molar-refractivity contribution in [1.29, 1.82) is 0 Å². The molecule has 6 heteroatoms. The smallest absolute Gasteiger partial charge is 0.306 e. The number of allylic oxidation sites excluding steroid dienone is 6. The molecule has 0 saturated heterocycles. The predicted molar refractivity (Wildman–Crippen MR) is 275 cm³/mol. The quantitative estimate of drug-likeness (QED) is 0.0262. The molecule has 0 N–H and O–H groups in total. The Balaban J connectivity index is 4.28. The minimum Gasteiger partial charge on any atom is -0.462 e. The van der Waals surface area contributed by atoms with Crippen LogP contribution in [0.15, 0.2) is 36.5 Å². The van der Waals surface area contributed by atoms with Gasteiger partial charge in [0.15, 0.2) is 6.10 Å². The number of esters is 3. The summed E-state index contributed by atoms with van der Waals surface area (Å²) in [7, 11) is 0. The lowest BCUT2D eigenvalue weighted by molar-refractivity contribution is -0.167. The fourth-order valence-corrected chi connectivity index (χ4v) is 8.12. The summed E-state index contributed by atoms with van der Waals surface area (Å²) in [6.45, 7) is 6.63. The van der Waals surface area contributed by atoms with E-state index in [1.54, 1.807) is 0 Å². The average Bonchev–Trinajstić information content (AvgIpc) is 3.29. The number of unbranched alkanes of at least 4 members (excludes halogenated alkanes) is 34. The van der Waals surface area contributed by atoms with Gasteiger partial charge in [-0.15, -0.1) is 0 Å². The van der Waals surface area contributed by atoms with Crippen LogP contribution < -0.4 is 0 Å². The summed E-state index contributed by atoms with van der Waals surface area (Å²) in [5.41, 5.74) is 0. The first kappa shape index (κ1) is 61.6. The zero-order valence-electron chi connectivity index (χ0n) is 42.8. The van der Waals surface area contributed by atoms with Crippen molar-refractivity contribution in [3.63, 3.8) is 0 Å². The van der Waals surface area contributed by atoms with Crippen molar-refractivity contribution < 1.29 is 28.6 Å². The Labute approximate surface area is 397 Å². The Morgan fingerprint density at radius 1 is 0.312 bits per heavy atom. The molecule has 0 radical (unpaired) electrons. The van der Waals surface area contributed by atoms with E-state index in [-0.39, 0.29) is 31.1 Å². The van der Waals surface area contributed by atoms with Crippen LogP contribution in [0.2, 0.25) is 0 Å². The highest BCUT2D eigenvalue weighted by Gasteiger charge is 2.19. The molecule has 0 rings (SSSR count). The molecule has 0 heterocycles. The summed E-state index contributed by atoms with van der Waals surface area (Å²) in [6, 6.07) is 0. The second-order valence-corrected chi connectivity index (χ2v) is 18.8. The van der Waals surface area contributed by atoms with Gasteiger partial charge in [-0.05, 0) is 77.0 Å². The van der Waals surface area contributed by atoms with Crippen LogP contribution in [0, 0.1) is 0 Å². The molecular weight excluding hydrogens is 793 g/mol. The van der Waals surface area contributed by atoms with Gasteiger partial charge in [-0.3, -0.25) is 14.4 Å². The summed E-state index contributed by atoms with van der Waals surface area (Å²) in [4.78, 5) is 38.0. The molecule has 0 aromatic carbocycles. The van der Waals surface area contributed by atoms with Crippen molar-refractivity contribution in [2.24, 2.45) is 0 Å². The Bertz CT molecular complexity index is 1080. The molecule has 6 nitrogen and oxygen atoms in total. The maximum Gasteiger partial charge on any atom is 0.306 e. The molecule has 0 fully saturated rings. The van der Waals surface area contributed by atoms with Crippen molar-refractivity contribution >= 4 is 17.9 Å². The lowest BCUT2D eigenvalue weighted by atomic mass is 10.1. The van der Waals surface area contributed by atoms with Crippen LogP contribution in [-0.2, 0) is 28.6 Å². The van der Waals surface area contributed by atoms with Crippen molar-refractivity contribution in [3.05, 3.63) is 36.5 Å². The normalized spacial score (nSPS) is 12.2. The first-order valence-electron chi connectivity index (χ1n) is 28.0. The molecular formula is C58H106O6. The fourth-order valence-electron chi connectivity index (χ4n) is 8.12. The van der Waals surface area contributed by atoms with Gasteiger partial charge in [0, 0.05) is 19.3 Å². The minimum absolute atomic E-state index is 0.0738. The van der Waals surface area contributed by atoms with Crippen LogP contribution in [0.4, 0.5) is 0 Å². The number of hydrogen-bond donors (Lipinski definition) is 0. The van der Waals surface area contributed by atoms with E-state index in [4.69, 9.17) is 14.2 Å². The predicted octanol–water partition coefficient (Wildman–Crippen LogP) is 18.5. The minimum atomic E-state index is -0.774. The summed E-state index contributed by atoms with van der Waals surface area (Å²) in [5.74, 6) is -0.875. The molecule has 0 amide bonds. The Morgan fingerprint density at radius 2 is 0.562 bits per heavy atom. The summed E-state index contributed by atoms with van der Waals surface area (Å²) >= 11 is 0. The second kappa shape index (κ2) is 53.2. The number of carbonyl (C=O) groups is 3. The third-order valence-electron chi connectivity index (χ3n) is 12.4. The highest BCUT2D eigenvalue weighted by atomic mass is 16.6. The molecule has 1 unspecified atom stereocenters. The van der Waals surface area contributed by atoms with Crippen LogP contribution in [0.3, 0.4) is 0 Å². The van der Waals surface area contributed by atoms with E-state index < -0.39 is 6.10 Å². The van der Waals surface area contributed by atoms with E-state index in [2.05, 4.69) is 57.2 Å². The van der Waals surface area contributed by atoms with Crippen LogP contribution >= 0.6 is 0 Å². The second-order valence-electron chi connectivity index (χ2n) is 18.8. The zero-order valence-corrected chi connectivity index (χ0v) is 42.8. The lowest BCUT2D eigenvalue weighted by Gasteiger charge is -2.18. The third kappa shape index (κ3) is 50.6. The molecule has 0 aliphatic rings. The molecule has 0 aliphatic heterocycles. The summed E-state index contributed by atoms with van der Waals surface area (Å²) < 4.78 is 16.8. The molecule has 0 bridgehead atoms. The standard InChI is InChI=1S/C58H106O6/c1-4-7-10-13-16-19-22-24-26-27-28-29-30-31-33-34-36-39-42-45-48-51-57(60)63-54-55(53-62-56(59)50-47-44-41-38-21-18-15-12-9-6-3)64-58(61)52-49-46-43-40-37-35-32-25-23-20-17-14-11-8-5-2/h22,24-25,27-28,32,55H,4-21,23,26,29-31,33-54H2,1-3H3/b24-22-,28-27-,32-25-. The topological polar surface area (TPSA) is 78.9 Å². The van der Waals surface area contributed by atoms with Crippen molar-refractivity contribution in [2.75, 3.05) is 13.2 Å². The van der Waals surface area contributed by atoms with Crippen LogP contribution in [-0.4, -0.2) is 37.2 Å². The van der Waals surface area contributed by atoms with Gasteiger partial charge in [-0.25, -0.2) is 0 Å². The van der Waals surface area contributed by atoms with Gasteiger partial charge in [-0.2, -0.15) is 0 Å². The summed E-state index contributed by atoms with van der Waals surface area (Å²) in [6.07, 6.45) is 62.8. The van der Waals surface area contributed by atoms with E-state index in [0.29, 0.717) is 19.3 Å². The molecule has 0 aromatic rings.